The van der Waals surface area contributed by atoms with Crippen LogP contribution >= 0.6 is 27.5 Å². The van der Waals surface area contributed by atoms with Crippen molar-refractivity contribution in [1.29, 1.82) is 0 Å². The Labute approximate surface area is 132 Å². The van der Waals surface area contributed by atoms with Gasteiger partial charge in [0, 0.05) is 14.9 Å². The fraction of sp³-hybridized carbons (Fsp3) is 0.0667. The van der Waals surface area contributed by atoms with Crippen molar-refractivity contribution in [2.75, 3.05) is 0 Å². The van der Waals surface area contributed by atoms with E-state index in [0.29, 0.717) is 10.6 Å². The first kappa shape index (κ1) is 15.3. The molecule has 0 aliphatic heterocycles. The molecule has 0 aromatic heterocycles. The third kappa shape index (κ3) is 4.47. The molecule has 2 aromatic carbocycles. The second kappa shape index (κ2) is 6.57. The van der Waals surface area contributed by atoms with Gasteiger partial charge in [-0.05, 0) is 35.4 Å². The largest absolute Gasteiger partial charge is 0.224 e. The van der Waals surface area contributed by atoms with E-state index in [2.05, 4.69) is 15.9 Å². The van der Waals surface area contributed by atoms with Crippen molar-refractivity contribution in [3.63, 3.8) is 0 Å². The van der Waals surface area contributed by atoms with Gasteiger partial charge < -0.3 is 0 Å². The third-order valence-corrected chi connectivity index (χ3v) is 4.81. The van der Waals surface area contributed by atoms with E-state index in [-0.39, 0.29) is 5.75 Å². The van der Waals surface area contributed by atoms with Crippen molar-refractivity contribution in [2.45, 2.75) is 5.75 Å². The highest BCUT2D eigenvalue weighted by Gasteiger charge is 2.10. The van der Waals surface area contributed by atoms with Crippen LogP contribution in [0.25, 0.3) is 6.08 Å². The lowest BCUT2D eigenvalue weighted by molar-refractivity contribution is 0.604. The van der Waals surface area contributed by atoms with Gasteiger partial charge in [-0.25, -0.2) is 8.42 Å². The quantitative estimate of drug-likeness (QED) is 0.781. The monoisotopic (exact) mass is 370 g/mol. The zero-order chi connectivity index (χ0) is 14.6. The van der Waals surface area contributed by atoms with Gasteiger partial charge in [0.2, 0.25) is 0 Å². The Morgan fingerprint density at radius 2 is 1.70 bits per heavy atom. The van der Waals surface area contributed by atoms with Crippen LogP contribution in [0, 0.1) is 0 Å². The summed E-state index contributed by atoms with van der Waals surface area (Å²) in [6.45, 7) is 0. The summed E-state index contributed by atoms with van der Waals surface area (Å²) in [6.07, 6.45) is 1.58. The van der Waals surface area contributed by atoms with Gasteiger partial charge in [-0.3, -0.25) is 0 Å². The third-order valence-electron chi connectivity index (χ3n) is 2.65. The van der Waals surface area contributed by atoms with Gasteiger partial charge in [0.05, 0.1) is 5.75 Å². The lowest BCUT2D eigenvalue weighted by Gasteiger charge is -2.02. The molecule has 0 saturated carbocycles. The number of halogens is 2. The first-order chi connectivity index (χ1) is 9.46. The van der Waals surface area contributed by atoms with E-state index in [1.165, 1.54) is 5.41 Å². The van der Waals surface area contributed by atoms with Crippen molar-refractivity contribution in [1.82, 2.24) is 0 Å². The summed E-state index contributed by atoms with van der Waals surface area (Å²) < 4.78 is 25.0. The Morgan fingerprint density at radius 3 is 2.35 bits per heavy atom. The molecule has 104 valence electrons. The molecule has 2 rings (SSSR count). The van der Waals surface area contributed by atoms with Gasteiger partial charge >= 0.3 is 0 Å². The first-order valence-corrected chi connectivity index (χ1v) is 8.75. The second-order valence-electron chi connectivity index (χ2n) is 4.25. The lowest BCUT2D eigenvalue weighted by Crippen LogP contribution is -2.00. The fourth-order valence-electron chi connectivity index (χ4n) is 1.64. The van der Waals surface area contributed by atoms with E-state index >= 15 is 0 Å². The molecule has 0 bridgehead atoms. The molecule has 0 unspecified atom stereocenters. The second-order valence-corrected chi connectivity index (χ2v) is 7.46. The van der Waals surface area contributed by atoms with Crippen molar-refractivity contribution in [3.05, 3.63) is 74.6 Å². The maximum Gasteiger partial charge on any atom is 0.175 e. The molecule has 2 nitrogen and oxygen atoms in total. The maximum absolute atomic E-state index is 12.0. The molecular weight excluding hydrogens is 360 g/mol. The van der Waals surface area contributed by atoms with Crippen LogP contribution in [0.2, 0.25) is 5.02 Å². The van der Waals surface area contributed by atoms with E-state index in [4.69, 9.17) is 11.6 Å². The SMILES string of the molecule is O=S(=O)(C=Cc1ccc(Br)cc1)Cc1ccccc1Cl. The minimum absolute atomic E-state index is 0.0975. The number of rotatable bonds is 4. The molecule has 5 heteroatoms. The summed E-state index contributed by atoms with van der Waals surface area (Å²) >= 11 is 9.30. The number of hydrogen-bond donors (Lipinski definition) is 0. The molecule has 0 fully saturated rings. The summed E-state index contributed by atoms with van der Waals surface area (Å²) in [5, 5.41) is 1.69. The van der Waals surface area contributed by atoms with Crippen LogP contribution < -0.4 is 0 Å². The number of benzene rings is 2. The number of hydrogen-bond acceptors (Lipinski definition) is 2. The summed E-state index contributed by atoms with van der Waals surface area (Å²) in [6, 6.07) is 14.3. The van der Waals surface area contributed by atoms with Crippen LogP contribution in [-0.4, -0.2) is 8.42 Å². The van der Waals surface area contributed by atoms with Crippen molar-refractivity contribution in [2.24, 2.45) is 0 Å². The highest BCUT2D eigenvalue weighted by molar-refractivity contribution is 9.10. The summed E-state index contributed by atoms with van der Waals surface area (Å²) in [5.74, 6) is -0.0975. The Hall–Kier alpha value is -1.10. The maximum atomic E-state index is 12.0. The molecule has 20 heavy (non-hydrogen) atoms. The average molecular weight is 372 g/mol. The van der Waals surface area contributed by atoms with E-state index in [9.17, 15) is 8.42 Å². The van der Waals surface area contributed by atoms with E-state index < -0.39 is 9.84 Å². The molecule has 0 spiro atoms. The molecule has 0 heterocycles. The van der Waals surface area contributed by atoms with Gasteiger partial charge in [0.1, 0.15) is 0 Å². The van der Waals surface area contributed by atoms with Crippen LogP contribution in [0.4, 0.5) is 0 Å². The Kier molecular flexibility index (Phi) is 5.02. The fourth-order valence-corrected chi connectivity index (χ4v) is 3.33. The van der Waals surface area contributed by atoms with E-state index in [1.54, 1.807) is 30.3 Å². The molecule has 0 aliphatic rings. The number of sulfone groups is 1. The zero-order valence-electron chi connectivity index (χ0n) is 10.5. The molecule has 0 amide bonds. The van der Waals surface area contributed by atoms with Crippen LogP contribution in [-0.2, 0) is 15.6 Å². The van der Waals surface area contributed by atoms with Gasteiger partial charge in [-0.2, -0.15) is 0 Å². The molecule has 0 N–H and O–H groups in total. The summed E-state index contributed by atoms with van der Waals surface area (Å²) in [4.78, 5) is 0. The van der Waals surface area contributed by atoms with Crippen molar-refractivity contribution >= 4 is 43.4 Å². The van der Waals surface area contributed by atoms with Gasteiger partial charge in [-0.1, -0.05) is 57.9 Å². The minimum atomic E-state index is -3.34. The molecule has 0 aliphatic carbocycles. The first-order valence-electron chi connectivity index (χ1n) is 5.86. The van der Waals surface area contributed by atoms with E-state index in [0.717, 1.165) is 10.0 Å². The Morgan fingerprint density at radius 1 is 1.05 bits per heavy atom. The smallest absolute Gasteiger partial charge is 0.175 e. The highest BCUT2D eigenvalue weighted by atomic mass is 79.9. The van der Waals surface area contributed by atoms with Gasteiger partial charge in [0.25, 0.3) is 0 Å². The van der Waals surface area contributed by atoms with Crippen molar-refractivity contribution in [3.8, 4) is 0 Å². The lowest BCUT2D eigenvalue weighted by atomic mass is 10.2. The van der Waals surface area contributed by atoms with E-state index in [1.807, 2.05) is 24.3 Å². The Balaban J connectivity index is 2.15. The summed E-state index contributed by atoms with van der Waals surface area (Å²) in [7, 11) is -3.34. The zero-order valence-corrected chi connectivity index (χ0v) is 13.6. The predicted octanol–water partition coefficient (Wildman–Crippen LogP) is 4.69. The molecule has 0 radical (unpaired) electrons. The average Bonchev–Trinajstić information content (AvgIpc) is 2.41. The highest BCUT2D eigenvalue weighted by Crippen LogP contribution is 2.19. The van der Waals surface area contributed by atoms with Crippen LogP contribution in [0.3, 0.4) is 0 Å². The van der Waals surface area contributed by atoms with Gasteiger partial charge in [0.15, 0.2) is 9.84 Å². The standard InChI is InChI=1S/C15H12BrClO2S/c16-14-7-5-12(6-8-14)9-10-20(18,19)11-13-3-1-2-4-15(13)17/h1-10H,11H2. The minimum Gasteiger partial charge on any atom is -0.224 e. The predicted molar refractivity (Wildman–Crippen MR) is 87.3 cm³/mol. The topological polar surface area (TPSA) is 34.1 Å². The molecular formula is C15H12BrClO2S. The molecule has 2 aromatic rings. The Bertz CT molecular complexity index is 722. The van der Waals surface area contributed by atoms with Crippen LogP contribution in [0.1, 0.15) is 11.1 Å². The van der Waals surface area contributed by atoms with Gasteiger partial charge in [-0.15, -0.1) is 0 Å². The molecule has 0 saturated heterocycles. The summed E-state index contributed by atoms with van der Waals surface area (Å²) in [5.41, 5.74) is 1.44. The van der Waals surface area contributed by atoms with Crippen LogP contribution in [0.15, 0.2) is 58.4 Å². The molecule has 0 atom stereocenters. The normalized spacial score (nSPS) is 11.9. The van der Waals surface area contributed by atoms with Crippen molar-refractivity contribution < 1.29 is 8.42 Å². The van der Waals surface area contributed by atoms with Crippen LogP contribution in [0.5, 0.6) is 0 Å².